The molecule has 0 unspecified atom stereocenters. The van der Waals surface area contributed by atoms with E-state index in [0.717, 1.165) is 0 Å². The van der Waals surface area contributed by atoms with Gasteiger partial charge in [0.05, 0.1) is 0 Å². The van der Waals surface area contributed by atoms with Crippen LogP contribution in [0.25, 0.3) is 0 Å². The summed E-state index contributed by atoms with van der Waals surface area (Å²) in [7, 11) is -9.28. The Bertz CT molecular complexity index is 124. The molecule has 0 aliphatic heterocycles. The van der Waals surface area contributed by atoms with Gasteiger partial charge in [-0.2, -0.15) is 0 Å². The van der Waals surface area contributed by atoms with Gasteiger partial charge < -0.3 is 29.4 Å². The molecule has 0 amide bonds. The Morgan fingerprint density at radius 1 is 0.636 bits per heavy atom. The molecule has 0 saturated heterocycles. The molecular formula is H7CsO8P2. The van der Waals surface area contributed by atoms with Crippen LogP contribution in [0.15, 0.2) is 0 Å². The zero-order valence-corrected chi connectivity index (χ0v) is 6.18. The SMILES string of the molecule is O=P(O)(O)O.O=P(O)(O)O.[CsH]. The third kappa shape index (κ3) is 251. The minimum atomic E-state index is -4.64. The number of hydrogen-bond donors (Lipinski definition) is 6. The molecule has 0 spiro atoms. The van der Waals surface area contributed by atoms with Crippen molar-refractivity contribution in [2.75, 3.05) is 0 Å². The molecule has 0 aliphatic rings. The summed E-state index contributed by atoms with van der Waals surface area (Å²) in [5, 5.41) is 0. The van der Waals surface area contributed by atoms with E-state index in [1.807, 2.05) is 0 Å². The van der Waals surface area contributed by atoms with Crippen molar-refractivity contribution >= 4 is 84.5 Å². The van der Waals surface area contributed by atoms with Crippen LogP contribution in [0.5, 0.6) is 0 Å². The Morgan fingerprint density at radius 3 is 0.636 bits per heavy atom. The van der Waals surface area contributed by atoms with Gasteiger partial charge in [0.2, 0.25) is 0 Å². The average Bonchev–Trinajstić information content (AvgIpc) is 1.12. The molecule has 0 heterocycles. The first kappa shape index (κ1) is 18.9. The van der Waals surface area contributed by atoms with E-state index < -0.39 is 15.6 Å². The van der Waals surface area contributed by atoms with Crippen molar-refractivity contribution in [3.63, 3.8) is 0 Å². The van der Waals surface area contributed by atoms with Gasteiger partial charge in [-0.05, 0) is 0 Å². The molecule has 11 heavy (non-hydrogen) atoms. The predicted octanol–water partition coefficient (Wildman–Crippen LogP) is -2.51. The van der Waals surface area contributed by atoms with Crippen molar-refractivity contribution < 1.29 is 38.5 Å². The van der Waals surface area contributed by atoms with Crippen molar-refractivity contribution in [2.45, 2.75) is 0 Å². The van der Waals surface area contributed by atoms with Crippen LogP contribution in [-0.2, 0) is 9.13 Å². The first-order chi connectivity index (χ1) is 4.00. The zero-order valence-electron chi connectivity index (χ0n) is 4.39. The van der Waals surface area contributed by atoms with Crippen molar-refractivity contribution in [2.24, 2.45) is 0 Å². The second kappa shape index (κ2) is 7.65. The van der Waals surface area contributed by atoms with Crippen LogP contribution in [-0.4, -0.2) is 98.3 Å². The Labute approximate surface area is 121 Å². The Kier molecular flexibility index (Phi) is 13.2. The molecule has 0 aromatic carbocycles. The van der Waals surface area contributed by atoms with Crippen LogP contribution < -0.4 is 0 Å². The molecule has 0 aliphatic carbocycles. The molecule has 0 aromatic rings. The molecule has 8 nitrogen and oxygen atoms in total. The summed E-state index contributed by atoms with van der Waals surface area (Å²) < 4.78 is 17.8. The van der Waals surface area contributed by atoms with Gasteiger partial charge in [0.25, 0.3) is 0 Å². The number of hydrogen-bond acceptors (Lipinski definition) is 2. The maximum absolute atomic E-state index is 8.88. The van der Waals surface area contributed by atoms with Crippen LogP contribution in [0.2, 0.25) is 0 Å². The Balaban J connectivity index is -0.000000107. The van der Waals surface area contributed by atoms with Gasteiger partial charge in [-0.1, -0.05) is 0 Å². The fourth-order valence-electron chi connectivity index (χ4n) is 0. The summed E-state index contributed by atoms with van der Waals surface area (Å²) >= 11 is 0. The fraction of sp³-hybridized carbons (Fsp3) is 0. The second-order valence-electron chi connectivity index (χ2n) is 1.03. The third-order valence-corrected chi connectivity index (χ3v) is 0. The monoisotopic (exact) mass is 330 g/mol. The molecule has 11 heteroatoms. The van der Waals surface area contributed by atoms with Crippen LogP contribution in [0.1, 0.15) is 0 Å². The fourth-order valence-corrected chi connectivity index (χ4v) is 0. The quantitative estimate of drug-likeness (QED) is 0.266. The van der Waals surface area contributed by atoms with E-state index in [9.17, 15) is 0 Å². The van der Waals surface area contributed by atoms with Crippen LogP contribution in [0, 0.1) is 0 Å². The van der Waals surface area contributed by atoms with Crippen molar-refractivity contribution in [3.05, 3.63) is 0 Å². The van der Waals surface area contributed by atoms with E-state index in [4.69, 9.17) is 38.5 Å². The molecule has 0 atom stereocenters. The van der Waals surface area contributed by atoms with E-state index >= 15 is 0 Å². The number of rotatable bonds is 0. The summed E-state index contributed by atoms with van der Waals surface area (Å²) in [5.74, 6) is 0. The third-order valence-electron chi connectivity index (χ3n) is 0. The maximum atomic E-state index is 8.88. The van der Waals surface area contributed by atoms with Crippen LogP contribution >= 0.6 is 15.6 Å². The molecule has 0 bridgehead atoms. The van der Waals surface area contributed by atoms with E-state index in [1.54, 1.807) is 0 Å². The predicted molar refractivity (Wildman–Crippen MR) is 35.7 cm³/mol. The Hall–Kier alpha value is 2.27. The van der Waals surface area contributed by atoms with Crippen LogP contribution in [0.3, 0.4) is 0 Å². The van der Waals surface area contributed by atoms with E-state index in [-0.39, 0.29) is 68.9 Å². The van der Waals surface area contributed by atoms with Gasteiger partial charge in [0.15, 0.2) is 0 Å². The summed E-state index contributed by atoms with van der Waals surface area (Å²) in [6, 6.07) is 0. The molecule has 6 N–H and O–H groups in total. The van der Waals surface area contributed by atoms with Crippen molar-refractivity contribution in [3.8, 4) is 0 Å². The first-order valence-corrected chi connectivity index (χ1v) is 4.70. The van der Waals surface area contributed by atoms with Crippen LogP contribution in [0.4, 0.5) is 0 Å². The van der Waals surface area contributed by atoms with Crippen molar-refractivity contribution in [1.82, 2.24) is 0 Å². The summed E-state index contributed by atoms with van der Waals surface area (Å²) in [5.41, 5.74) is 0. The van der Waals surface area contributed by atoms with E-state index in [0.29, 0.717) is 0 Å². The molecule has 0 rings (SSSR count). The summed E-state index contributed by atoms with van der Waals surface area (Å²) in [6.45, 7) is 0. The topological polar surface area (TPSA) is 156 Å². The molecule has 0 saturated carbocycles. The van der Waals surface area contributed by atoms with Gasteiger partial charge in [-0.3, -0.25) is 0 Å². The molecule has 0 fully saturated rings. The summed E-state index contributed by atoms with van der Waals surface area (Å²) in [6.07, 6.45) is 0. The molecule has 66 valence electrons. The van der Waals surface area contributed by atoms with Crippen molar-refractivity contribution in [1.29, 1.82) is 0 Å². The average molecular weight is 330 g/mol. The molecular weight excluding hydrogens is 323 g/mol. The first-order valence-electron chi connectivity index (χ1n) is 1.57. The van der Waals surface area contributed by atoms with Gasteiger partial charge in [-0.25, -0.2) is 9.13 Å². The Morgan fingerprint density at radius 2 is 0.636 bits per heavy atom. The standard InChI is InChI=1S/Cs.2H3O4P.H/c;2*1-5(2,3)4;/h;2*(H3,1,2,3,4);. The second-order valence-corrected chi connectivity index (χ2v) is 3.08. The van der Waals surface area contributed by atoms with E-state index in [2.05, 4.69) is 0 Å². The normalized spacial score (nSPS) is 10.7. The summed E-state index contributed by atoms with van der Waals surface area (Å²) in [4.78, 5) is 43.1. The van der Waals surface area contributed by atoms with Gasteiger partial charge in [0, 0.05) is 0 Å². The van der Waals surface area contributed by atoms with Gasteiger partial charge in [0.1, 0.15) is 0 Å². The van der Waals surface area contributed by atoms with Gasteiger partial charge >= 0.3 is 84.5 Å². The number of phosphoric acid groups is 2. The van der Waals surface area contributed by atoms with Gasteiger partial charge in [-0.15, -0.1) is 0 Å². The zero-order chi connectivity index (χ0) is 9.00. The molecule has 0 radical (unpaired) electrons. The molecule has 0 aromatic heterocycles. The minimum absolute atomic E-state index is 0. The van der Waals surface area contributed by atoms with E-state index in [1.165, 1.54) is 0 Å².